The Balaban J connectivity index is 2.19. The number of esters is 1. The van der Waals surface area contributed by atoms with Crippen LogP contribution >= 0.6 is 15.9 Å². The standard InChI is InChI=1S/C12H13BrO2/c1-15-11(14)8-12(5-6-12)9-3-2-4-10(13)7-9/h2-4,7H,5-6,8H2,1H3. The van der Waals surface area contributed by atoms with E-state index in [-0.39, 0.29) is 11.4 Å². The number of methoxy groups -OCH3 is 1. The van der Waals surface area contributed by atoms with Crippen LogP contribution in [0.4, 0.5) is 0 Å². The van der Waals surface area contributed by atoms with E-state index in [4.69, 9.17) is 4.74 Å². The normalized spacial score (nSPS) is 17.2. The van der Waals surface area contributed by atoms with Gasteiger partial charge in [0.2, 0.25) is 0 Å². The zero-order valence-electron chi connectivity index (χ0n) is 8.63. The molecule has 2 rings (SSSR count). The van der Waals surface area contributed by atoms with Gasteiger partial charge in [0.05, 0.1) is 13.5 Å². The molecular formula is C12H13BrO2. The molecule has 0 radical (unpaired) electrons. The quantitative estimate of drug-likeness (QED) is 0.788. The van der Waals surface area contributed by atoms with Crippen molar-refractivity contribution in [1.29, 1.82) is 0 Å². The van der Waals surface area contributed by atoms with Gasteiger partial charge in [0.1, 0.15) is 0 Å². The first-order valence-electron chi connectivity index (χ1n) is 4.99. The topological polar surface area (TPSA) is 26.3 Å². The van der Waals surface area contributed by atoms with Gasteiger partial charge in [-0.1, -0.05) is 28.1 Å². The average molecular weight is 269 g/mol. The largest absolute Gasteiger partial charge is 0.469 e. The molecule has 0 heterocycles. The number of rotatable bonds is 3. The van der Waals surface area contributed by atoms with Crippen molar-refractivity contribution >= 4 is 21.9 Å². The summed E-state index contributed by atoms with van der Waals surface area (Å²) >= 11 is 3.45. The van der Waals surface area contributed by atoms with Crippen LogP contribution in [0.5, 0.6) is 0 Å². The molecule has 0 spiro atoms. The van der Waals surface area contributed by atoms with Gasteiger partial charge in [-0.05, 0) is 30.5 Å². The van der Waals surface area contributed by atoms with Gasteiger partial charge >= 0.3 is 5.97 Å². The first-order chi connectivity index (χ1) is 7.16. The number of carbonyl (C=O) groups excluding carboxylic acids is 1. The summed E-state index contributed by atoms with van der Waals surface area (Å²) in [7, 11) is 1.44. The molecule has 0 saturated heterocycles. The molecule has 15 heavy (non-hydrogen) atoms. The molecule has 1 aromatic carbocycles. The number of carbonyl (C=O) groups is 1. The first kappa shape index (κ1) is 10.7. The van der Waals surface area contributed by atoms with Crippen molar-refractivity contribution in [2.75, 3.05) is 7.11 Å². The van der Waals surface area contributed by atoms with Crippen molar-refractivity contribution in [3.05, 3.63) is 34.3 Å². The maximum absolute atomic E-state index is 11.3. The van der Waals surface area contributed by atoms with Crippen molar-refractivity contribution in [2.45, 2.75) is 24.7 Å². The van der Waals surface area contributed by atoms with E-state index < -0.39 is 0 Å². The highest BCUT2D eigenvalue weighted by molar-refractivity contribution is 9.10. The number of hydrogen-bond donors (Lipinski definition) is 0. The van der Waals surface area contributed by atoms with Crippen LogP contribution in [0, 0.1) is 0 Å². The summed E-state index contributed by atoms with van der Waals surface area (Å²) in [6.07, 6.45) is 2.66. The maximum Gasteiger partial charge on any atom is 0.306 e. The SMILES string of the molecule is COC(=O)CC1(c2cccc(Br)c2)CC1. The smallest absolute Gasteiger partial charge is 0.306 e. The summed E-state index contributed by atoms with van der Waals surface area (Å²) in [4.78, 5) is 11.3. The highest BCUT2D eigenvalue weighted by Gasteiger charge is 2.46. The second kappa shape index (κ2) is 3.97. The van der Waals surface area contributed by atoms with Gasteiger partial charge in [0.25, 0.3) is 0 Å². The molecule has 1 saturated carbocycles. The third kappa shape index (κ3) is 2.23. The highest BCUT2D eigenvalue weighted by Crippen LogP contribution is 2.51. The van der Waals surface area contributed by atoms with Crippen LogP contribution in [0.15, 0.2) is 28.7 Å². The van der Waals surface area contributed by atoms with Crippen LogP contribution in [0.3, 0.4) is 0 Å². The van der Waals surface area contributed by atoms with E-state index in [1.165, 1.54) is 12.7 Å². The lowest BCUT2D eigenvalue weighted by Gasteiger charge is -2.14. The Kier molecular flexibility index (Phi) is 2.83. The van der Waals surface area contributed by atoms with Crippen LogP contribution < -0.4 is 0 Å². The Labute approximate surface area is 97.8 Å². The van der Waals surface area contributed by atoms with Crippen molar-refractivity contribution < 1.29 is 9.53 Å². The molecule has 0 amide bonds. The molecule has 0 N–H and O–H groups in total. The van der Waals surface area contributed by atoms with Gasteiger partial charge in [-0.15, -0.1) is 0 Å². The molecule has 0 unspecified atom stereocenters. The zero-order valence-corrected chi connectivity index (χ0v) is 10.2. The predicted octanol–water partition coefficient (Wildman–Crippen LogP) is 3.04. The first-order valence-corrected chi connectivity index (χ1v) is 5.78. The van der Waals surface area contributed by atoms with Gasteiger partial charge < -0.3 is 4.74 Å². The second-order valence-corrected chi connectivity index (χ2v) is 4.96. The minimum absolute atomic E-state index is 0.0525. The van der Waals surface area contributed by atoms with Gasteiger partial charge in [0.15, 0.2) is 0 Å². The number of halogens is 1. The van der Waals surface area contributed by atoms with Gasteiger partial charge in [0, 0.05) is 9.89 Å². The van der Waals surface area contributed by atoms with E-state index in [1.807, 2.05) is 12.1 Å². The molecule has 1 aliphatic carbocycles. The van der Waals surface area contributed by atoms with E-state index >= 15 is 0 Å². The predicted molar refractivity (Wildman–Crippen MR) is 61.7 cm³/mol. The number of hydrogen-bond acceptors (Lipinski definition) is 2. The van der Waals surface area contributed by atoms with E-state index in [9.17, 15) is 4.79 Å². The van der Waals surface area contributed by atoms with Gasteiger partial charge in [-0.2, -0.15) is 0 Å². The molecular weight excluding hydrogens is 256 g/mol. The summed E-state index contributed by atoms with van der Waals surface area (Å²) in [6, 6.07) is 8.19. The molecule has 1 fully saturated rings. The molecule has 1 aliphatic rings. The molecule has 0 atom stereocenters. The molecule has 0 aliphatic heterocycles. The summed E-state index contributed by atoms with van der Waals surface area (Å²) in [5.41, 5.74) is 1.29. The minimum atomic E-state index is -0.118. The van der Waals surface area contributed by atoms with Gasteiger partial charge in [-0.3, -0.25) is 4.79 Å². The van der Waals surface area contributed by atoms with Gasteiger partial charge in [-0.25, -0.2) is 0 Å². The Bertz CT molecular complexity index is 383. The second-order valence-electron chi connectivity index (χ2n) is 4.04. The third-order valence-corrected chi connectivity index (χ3v) is 3.49. The van der Waals surface area contributed by atoms with E-state index in [0.29, 0.717) is 6.42 Å². The van der Waals surface area contributed by atoms with Crippen LogP contribution in [-0.4, -0.2) is 13.1 Å². The lowest BCUT2D eigenvalue weighted by atomic mass is 9.93. The monoisotopic (exact) mass is 268 g/mol. The molecule has 0 aromatic heterocycles. The minimum Gasteiger partial charge on any atom is -0.469 e. The Hall–Kier alpha value is -0.830. The van der Waals surface area contributed by atoms with E-state index in [1.54, 1.807) is 0 Å². The Morgan fingerprint density at radius 1 is 1.53 bits per heavy atom. The Morgan fingerprint density at radius 3 is 2.80 bits per heavy atom. The number of ether oxygens (including phenoxy) is 1. The summed E-state index contributed by atoms with van der Waals surface area (Å²) in [5, 5.41) is 0. The zero-order chi connectivity index (χ0) is 10.9. The summed E-state index contributed by atoms with van der Waals surface area (Å²) in [5.74, 6) is -0.118. The summed E-state index contributed by atoms with van der Waals surface area (Å²) in [6.45, 7) is 0. The Morgan fingerprint density at radius 2 is 2.27 bits per heavy atom. The van der Waals surface area contributed by atoms with Crippen molar-refractivity contribution in [3.63, 3.8) is 0 Å². The molecule has 3 heteroatoms. The molecule has 2 nitrogen and oxygen atoms in total. The summed E-state index contributed by atoms with van der Waals surface area (Å²) < 4.78 is 5.79. The number of benzene rings is 1. The van der Waals surface area contributed by atoms with Crippen LogP contribution in [-0.2, 0) is 14.9 Å². The molecule has 80 valence electrons. The van der Waals surface area contributed by atoms with Crippen molar-refractivity contribution in [2.24, 2.45) is 0 Å². The fourth-order valence-electron chi connectivity index (χ4n) is 1.89. The highest BCUT2D eigenvalue weighted by atomic mass is 79.9. The third-order valence-electron chi connectivity index (χ3n) is 3.00. The fraction of sp³-hybridized carbons (Fsp3) is 0.417. The lowest BCUT2D eigenvalue weighted by molar-refractivity contribution is -0.141. The maximum atomic E-state index is 11.3. The van der Waals surface area contributed by atoms with Crippen LogP contribution in [0.1, 0.15) is 24.8 Å². The van der Waals surface area contributed by atoms with Crippen LogP contribution in [0.25, 0.3) is 0 Å². The fourth-order valence-corrected chi connectivity index (χ4v) is 2.28. The lowest BCUT2D eigenvalue weighted by Crippen LogP contribution is -2.14. The van der Waals surface area contributed by atoms with Crippen LogP contribution in [0.2, 0.25) is 0 Å². The average Bonchev–Trinajstić information content (AvgIpc) is 2.99. The van der Waals surface area contributed by atoms with E-state index in [2.05, 4.69) is 28.1 Å². The van der Waals surface area contributed by atoms with Crippen molar-refractivity contribution in [1.82, 2.24) is 0 Å². The molecule has 0 bridgehead atoms. The van der Waals surface area contributed by atoms with E-state index in [0.717, 1.165) is 17.3 Å². The van der Waals surface area contributed by atoms with Crippen molar-refractivity contribution in [3.8, 4) is 0 Å². The molecule has 1 aromatic rings.